The van der Waals surface area contributed by atoms with Crippen molar-refractivity contribution in [1.29, 1.82) is 0 Å². The first-order chi connectivity index (χ1) is 19.5. The number of hydrogen-bond acceptors (Lipinski definition) is 7. The van der Waals surface area contributed by atoms with Crippen molar-refractivity contribution in [2.75, 3.05) is 19.8 Å². The van der Waals surface area contributed by atoms with E-state index in [1.54, 1.807) is 18.6 Å². The fraction of sp³-hybridized carbons (Fsp3) is 0.593. The van der Waals surface area contributed by atoms with Gasteiger partial charge in [-0.15, -0.1) is 0 Å². The lowest BCUT2D eigenvalue weighted by Crippen LogP contribution is -2.49. The van der Waals surface area contributed by atoms with Gasteiger partial charge in [-0.1, -0.05) is 0 Å². The van der Waals surface area contributed by atoms with E-state index in [9.17, 15) is 30.8 Å². The molecule has 4 rings (SSSR count). The average Bonchev–Trinajstić information content (AvgIpc) is 2.89. The molecule has 3 aliphatic rings. The number of guanidine groups is 1. The fourth-order valence-corrected chi connectivity index (χ4v) is 6.42. The minimum absolute atomic E-state index is 0.130. The van der Waals surface area contributed by atoms with E-state index < -0.39 is 63.7 Å². The molecule has 9 nitrogen and oxygen atoms in total. The molecule has 0 unspecified atom stereocenters. The van der Waals surface area contributed by atoms with Gasteiger partial charge in [0.1, 0.15) is 17.1 Å². The molecule has 0 bridgehead atoms. The largest absolute Gasteiger partial charge is 0.390 e. The Kier molecular flexibility index (Phi) is 9.31. The number of sulfonamides is 1. The van der Waals surface area contributed by atoms with Crippen LogP contribution >= 0.6 is 0 Å². The average molecular weight is 619 g/mol. The number of nitrogens with zero attached hydrogens (tertiary/aromatic N) is 4. The molecule has 42 heavy (non-hydrogen) atoms. The highest BCUT2D eigenvalue weighted by atomic mass is 32.2. The normalized spacial score (nSPS) is 22.9. The highest BCUT2D eigenvalue weighted by Gasteiger charge is 2.31. The Labute approximate surface area is 240 Å². The molecule has 1 aliphatic heterocycles. The Morgan fingerprint density at radius 2 is 1.81 bits per heavy atom. The van der Waals surface area contributed by atoms with Gasteiger partial charge in [0.05, 0.1) is 24.4 Å². The van der Waals surface area contributed by atoms with Gasteiger partial charge in [0, 0.05) is 47.0 Å². The van der Waals surface area contributed by atoms with Crippen LogP contribution in [0.2, 0.25) is 0 Å². The molecule has 2 heterocycles. The summed E-state index contributed by atoms with van der Waals surface area (Å²) in [5.74, 6) is -3.15. The molecule has 0 amide bonds. The smallest absolute Gasteiger partial charge is 0.352 e. The SMILES string of the molecule is CC(C)n1c2c(cc(=C3CC(F)=C(NS(=O)(=O)CCC(F)(F)F)C=C3F)c1=O)CN=C(NC1CCC(N(C)C)CC1)N=2. The number of pyridine rings is 1. The van der Waals surface area contributed by atoms with Crippen LogP contribution < -0.4 is 26.3 Å². The molecular formula is C27H35F5N6O3S. The number of allylic oxidation sites excluding steroid dienone is 3. The third-order valence-corrected chi connectivity index (χ3v) is 8.87. The van der Waals surface area contributed by atoms with Crippen molar-refractivity contribution < 1.29 is 30.4 Å². The molecule has 1 saturated carbocycles. The van der Waals surface area contributed by atoms with Crippen LogP contribution in [0.3, 0.4) is 0 Å². The van der Waals surface area contributed by atoms with Crippen LogP contribution in [0.5, 0.6) is 0 Å². The summed E-state index contributed by atoms with van der Waals surface area (Å²) < 4.78 is 94.7. The second-order valence-corrected chi connectivity index (χ2v) is 13.1. The molecule has 0 atom stereocenters. The zero-order valence-electron chi connectivity index (χ0n) is 23.9. The molecule has 0 saturated heterocycles. The first-order valence-electron chi connectivity index (χ1n) is 13.7. The van der Waals surface area contributed by atoms with E-state index in [1.165, 1.54) is 10.6 Å². The molecule has 2 aliphatic carbocycles. The van der Waals surface area contributed by atoms with Gasteiger partial charge in [-0.3, -0.25) is 14.1 Å². The Bertz CT molecular complexity index is 1600. The Balaban J connectivity index is 1.64. The second-order valence-electron chi connectivity index (χ2n) is 11.3. The van der Waals surface area contributed by atoms with Gasteiger partial charge in [0.2, 0.25) is 16.0 Å². The summed E-state index contributed by atoms with van der Waals surface area (Å²) in [4.78, 5) is 24.9. The Morgan fingerprint density at radius 1 is 1.14 bits per heavy atom. The zero-order chi connectivity index (χ0) is 31.0. The Hall–Kier alpha value is -3.07. The van der Waals surface area contributed by atoms with Crippen LogP contribution in [-0.4, -0.2) is 62.0 Å². The third-order valence-electron chi connectivity index (χ3n) is 7.60. The highest BCUT2D eigenvalue weighted by molar-refractivity contribution is 7.89. The fourth-order valence-electron chi connectivity index (χ4n) is 5.32. The minimum atomic E-state index is -4.74. The molecule has 1 fully saturated rings. The van der Waals surface area contributed by atoms with Crippen molar-refractivity contribution in [3.05, 3.63) is 56.1 Å². The van der Waals surface area contributed by atoms with Crippen LogP contribution in [0, 0.1) is 0 Å². The van der Waals surface area contributed by atoms with E-state index >= 15 is 4.39 Å². The summed E-state index contributed by atoms with van der Waals surface area (Å²) >= 11 is 0. The molecule has 0 radical (unpaired) electrons. The summed E-state index contributed by atoms with van der Waals surface area (Å²) in [5.41, 5.74) is -0.827. The van der Waals surface area contributed by atoms with Gasteiger partial charge >= 0.3 is 6.18 Å². The van der Waals surface area contributed by atoms with Gasteiger partial charge in [0.25, 0.3) is 5.56 Å². The van der Waals surface area contributed by atoms with Gasteiger partial charge in [0.15, 0.2) is 0 Å². The molecule has 2 N–H and O–H groups in total. The molecule has 232 valence electrons. The van der Waals surface area contributed by atoms with Crippen molar-refractivity contribution in [3.8, 4) is 0 Å². The van der Waals surface area contributed by atoms with Crippen molar-refractivity contribution in [3.63, 3.8) is 0 Å². The van der Waals surface area contributed by atoms with E-state index in [4.69, 9.17) is 0 Å². The number of halogens is 5. The number of rotatable bonds is 7. The molecule has 0 spiro atoms. The first kappa shape index (κ1) is 31.9. The van der Waals surface area contributed by atoms with Gasteiger partial charge in [-0.25, -0.2) is 22.2 Å². The maximum atomic E-state index is 15.2. The number of hydrogen-bond donors (Lipinski definition) is 2. The van der Waals surface area contributed by atoms with Crippen LogP contribution in [-0.2, 0) is 16.6 Å². The van der Waals surface area contributed by atoms with E-state index in [0.717, 1.165) is 25.7 Å². The van der Waals surface area contributed by atoms with Crippen molar-refractivity contribution in [2.45, 2.75) is 83.2 Å². The molecule has 15 heteroatoms. The van der Waals surface area contributed by atoms with Gasteiger partial charge in [-0.05, 0) is 59.7 Å². The molecule has 1 aromatic rings. The lowest BCUT2D eigenvalue weighted by molar-refractivity contribution is -0.129. The van der Waals surface area contributed by atoms with Crippen molar-refractivity contribution in [2.24, 2.45) is 9.98 Å². The van der Waals surface area contributed by atoms with Crippen LogP contribution in [0.4, 0.5) is 22.0 Å². The quantitative estimate of drug-likeness (QED) is 0.457. The number of aliphatic imine (C=N–C) groups is 1. The number of aromatic nitrogens is 1. The summed E-state index contributed by atoms with van der Waals surface area (Å²) in [6.07, 6.45) is -2.65. The van der Waals surface area contributed by atoms with Crippen LogP contribution in [0.15, 0.2) is 44.3 Å². The van der Waals surface area contributed by atoms with E-state index in [0.29, 0.717) is 29.1 Å². The maximum Gasteiger partial charge on any atom is 0.390 e. The number of alkyl halides is 3. The van der Waals surface area contributed by atoms with Crippen LogP contribution in [0.25, 0.3) is 5.57 Å². The molecule has 1 aromatic heterocycles. The van der Waals surface area contributed by atoms with Gasteiger partial charge < -0.3 is 10.2 Å². The zero-order valence-corrected chi connectivity index (χ0v) is 24.7. The number of fused-ring (bicyclic) bond motifs is 1. The lowest BCUT2D eigenvalue weighted by atomic mass is 9.90. The molecule has 0 aromatic carbocycles. The summed E-state index contributed by atoms with van der Waals surface area (Å²) in [6.45, 7) is 3.66. The number of nitrogens with one attached hydrogen (secondary N) is 2. The predicted octanol–water partition coefficient (Wildman–Crippen LogP) is 2.84. The third kappa shape index (κ3) is 7.46. The first-order valence-corrected chi connectivity index (χ1v) is 15.4. The summed E-state index contributed by atoms with van der Waals surface area (Å²) in [7, 11) is -0.472. The lowest BCUT2D eigenvalue weighted by Gasteiger charge is -2.33. The summed E-state index contributed by atoms with van der Waals surface area (Å²) in [5, 5.41) is 3.25. The predicted molar refractivity (Wildman–Crippen MR) is 149 cm³/mol. The van der Waals surface area contributed by atoms with Gasteiger partial charge in [-0.2, -0.15) is 18.2 Å². The second kappa shape index (κ2) is 12.3. The van der Waals surface area contributed by atoms with Crippen molar-refractivity contribution >= 4 is 21.6 Å². The molecular weight excluding hydrogens is 583 g/mol. The van der Waals surface area contributed by atoms with E-state index in [-0.39, 0.29) is 23.4 Å². The topological polar surface area (TPSA) is 108 Å². The monoisotopic (exact) mass is 618 g/mol. The summed E-state index contributed by atoms with van der Waals surface area (Å²) in [6, 6.07) is 1.74. The highest BCUT2D eigenvalue weighted by Crippen LogP contribution is 2.30. The van der Waals surface area contributed by atoms with E-state index in [1.807, 2.05) is 0 Å². The Morgan fingerprint density at radius 3 is 2.40 bits per heavy atom. The van der Waals surface area contributed by atoms with Crippen molar-refractivity contribution in [1.82, 2.24) is 19.5 Å². The maximum absolute atomic E-state index is 15.2. The minimum Gasteiger partial charge on any atom is -0.352 e. The standard InChI is InChI=1S/C27H35F5N6O3S/c1-15(2)38-24-16(14-33-26(35-24)34-17-5-7-18(8-6-17)37(3)4)11-20(25(38)39)19-12-22(29)23(13-21(19)28)36-42(40,41)10-9-27(30,31)32/h11,13,15,17-18,36H,5-10,12,14H2,1-4H3,(H,33,34). The van der Waals surface area contributed by atoms with E-state index in [2.05, 4.69) is 34.3 Å². The van der Waals surface area contributed by atoms with Crippen LogP contribution in [0.1, 0.15) is 64.0 Å².